The molecule has 0 radical (unpaired) electrons. The lowest BCUT2D eigenvalue weighted by molar-refractivity contribution is 0.370. The molecule has 0 bridgehead atoms. The minimum atomic E-state index is 0.398. The van der Waals surface area contributed by atoms with E-state index in [-0.39, 0.29) is 0 Å². The average molecular weight is 302 g/mol. The van der Waals surface area contributed by atoms with E-state index in [0.29, 0.717) is 23.7 Å². The van der Waals surface area contributed by atoms with Crippen LogP contribution >= 0.6 is 0 Å². The molecule has 22 heavy (non-hydrogen) atoms. The predicted molar refractivity (Wildman–Crippen MR) is 83.0 cm³/mol. The van der Waals surface area contributed by atoms with Crippen LogP contribution in [0.15, 0.2) is 12.3 Å². The molecule has 3 rings (SSSR count). The number of hydrogen-bond acceptors (Lipinski definition) is 6. The Bertz CT molecular complexity index is 639. The standard InChI is InChI=1S/C15H22N6O/c1-10(2)14-20-19-12-5-4-11(9-21(12)14)8-17-15-16-7-6-13(18-15)22-3/h6-7,10-11H,4-5,8-9H2,1-3H3,(H,16,17,18)/t11-/m1/s1. The highest BCUT2D eigenvalue weighted by atomic mass is 16.5. The molecular weight excluding hydrogens is 280 g/mol. The third-order valence-electron chi connectivity index (χ3n) is 3.98. The van der Waals surface area contributed by atoms with Crippen LogP contribution in [-0.4, -0.2) is 38.4 Å². The molecule has 0 fully saturated rings. The van der Waals surface area contributed by atoms with E-state index in [4.69, 9.17) is 4.74 Å². The normalized spacial score (nSPS) is 17.4. The van der Waals surface area contributed by atoms with Gasteiger partial charge in [-0.15, -0.1) is 10.2 Å². The Morgan fingerprint density at radius 3 is 3.05 bits per heavy atom. The fraction of sp³-hybridized carbons (Fsp3) is 0.600. The first kappa shape index (κ1) is 14.7. The van der Waals surface area contributed by atoms with Gasteiger partial charge in [-0.1, -0.05) is 13.8 Å². The first-order chi connectivity index (χ1) is 10.7. The van der Waals surface area contributed by atoms with Crippen molar-refractivity contribution in [3.63, 3.8) is 0 Å². The molecule has 0 saturated carbocycles. The number of aromatic nitrogens is 5. The number of fused-ring (bicyclic) bond motifs is 1. The van der Waals surface area contributed by atoms with Crippen LogP contribution in [0.3, 0.4) is 0 Å². The molecule has 0 saturated heterocycles. The summed E-state index contributed by atoms with van der Waals surface area (Å²) in [6, 6.07) is 1.74. The Hall–Kier alpha value is -2.18. The lowest BCUT2D eigenvalue weighted by Gasteiger charge is -2.25. The van der Waals surface area contributed by atoms with Crippen molar-refractivity contribution in [2.45, 2.75) is 39.2 Å². The minimum absolute atomic E-state index is 0.398. The lowest BCUT2D eigenvalue weighted by Crippen LogP contribution is -2.27. The van der Waals surface area contributed by atoms with E-state index in [9.17, 15) is 0 Å². The monoisotopic (exact) mass is 302 g/mol. The van der Waals surface area contributed by atoms with Gasteiger partial charge in [0.25, 0.3) is 0 Å². The maximum absolute atomic E-state index is 5.11. The quantitative estimate of drug-likeness (QED) is 0.908. The molecule has 2 aromatic rings. The van der Waals surface area contributed by atoms with Crippen molar-refractivity contribution in [2.24, 2.45) is 5.92 Å². The molecule has 1 atom stereocenters. The van der Waals surface area contributed by atoms with Gasteiger partial charge in [-0.25, -0.2) is 4.98 Å². The molecule has 1 aliphatic heterocycles. The first-order valence-corrected chi connectivity index (χ1v) is 7.70. The van der Waals surface area contributed by atoms with Crippen LogP contribution in [0.5, 0.6) is 5.88 Å². The van der Waals surface area contributed by atoms with Gasteiger partial charge < -0.3 is 14.6 Å². The van der Waals surface area contributed by atoms with E-state index in [1.807, 2.05) is 0 Å². The fourth-order valence-electron chi connectivity index (χ4n) is 2.79. The van der Waals surface area contributed by atoms with E-state index in [2.05, 4.69) is 43.9 Å². The summed E-state index contributed by atoms with van der Waals surface area (Å²) in [5.41, 5.74) is 0. The Balaban J connectivity index is 1.63. The Labute approximate surface area is 130 Å². The Kier molecular flexibility index (Phi) is 4.22. The summed E-state index contributed by atoms with van der Waals surface area (Å²) in [4.78, 5) is 8.50. The third-order valence-corrected chi connectivity index (χ3v) is 3.98. The van der Waals surface area contributed by atoms with Crippen LogP contribution in [0.1, 0.15) is 37.8 Å². The SMILES string of the molecule is COc1ccnc(NC[C@H]2CCc3nnc(C(C)C)n3C2)n1. The van der Waals surface area contributed by atoms with Crippen LogP contribution < -0.4 is 10.1 Å². The Morgan fingerprint density at radius 2 is 2.27 bits per heavy atom. The van der Waals surface area contributed by atoms with Gasteiger partial charge in [-0.2, -0.15) is 4.98 Å². The molecular formula is C15H22N6O. The molecule has 3 heterocycles. The van der Waals surface area contributed by atoms with E-state index < -0.39 is 0 Å². The number of nitrogens with zero attached hydrogens (tertiary/aromatic N) is 5. The highest BCUT2D eigenvalue weighted by Crippen LogP contribution is 2.23. The summed E-state index contributed by atoms with van der Waals surface area (Å²) in [6.07, 6.45) is 3.78. The van der Waals surface area contributed by atoms with Crippen LogP contribution in [-0.2, 0) is 13.0 Å². The predicted octanol–water partition coefficient (Wildman–Crippen LogP) is 1.87. The number of hydrogen-bond donors (Lipinski definition) is 1. The molecule has 7 heteroatoms. The summed E-state index contributed by atoms with van der Waals surface area (Å²) < 4.78 is 7.38. The van der Waals surface area contributed by atoms with Crippen LogP contribution in [0.2, 0.25) is 0 Å². The number of anilines is 1. The first-order valence-electron chi connectivity index (χ1n) is 7.70. The van der Waals surface area contributed by atoms with Crippen LogP contribution in [0, 0.1) is 5.92 Å². The Morgan fingerprint density at radius 1 is 1.41 bits per heavy atom. The van der Waals surface area contributed by atoms with Crippen molar-refractivity contribution in [3.8, 4) is 5.88 Å². The number of nitrogens with one attached hydrogen (secondary N) is 1. The summed E-state index contributed by atoms with van der Waals surface area (Å²) in [6.45, 7) is 6.10. The smallest absolute Gasteiger partial charge is 0.225 e. The molecule has 2 aromatic heterocycles. The number of ether oxygens (including phenoxy) is 1. The van der Waals surface area contributed by atoms with Crippen molar-refractivity contribution in [3.05, 3.63) is 23.9 Å². The second-order valence-electron chi connectivity index (χ2n) is 5.95. The summed E-state index contributed by atoms with van der Waals surface area (Å²) in [5.74, 6) is 4.29. The molecule has 1 aliphatic rings. The van der Waals surface area contributed by atoms with Crippen LogP contribution in [0.4, 0.5) is 5.95 Å². The van der Waals surface area contributed by atoms with E-state index in [0.717, 1.165) is 37.6 Å². The average Bonchev–Trinajstić information content (AvgIpc) is 2.96. The molecule has 0 spiro atoms. The lowest BCUT2D eigenvalue weighted by atomic mass is 9.99. The van der Waals surface area contributed by atoms with E-state index >= 15 is 0 Å². The number of aryl methyl sites for hydroxylation is 1. The number of rotatable bonds is 5. The third kappa shape index (κ3) is 3.03. The largest absolute Gasteiger partial charge is 0.481 e. The summed E-state index contributed by atoms with van der Waals surface area (Å²) in [5, 5.41) is 11.9. The highest BCUT2D eigenvalue weighted by molar-refractivity contribution is 5.27. The maximum atomic E-state index is 5.11. The van der Waals surface area contributed by atoms with Gasteiger partial charge in [0, 0.05) is 37.7 Å². The van der Waals surface area contributed by atoms with Gasteiger partial charge in [-0.05, 0) is 12.3 Å². The molecule has 0 unspecified atom stereocenters. The van der Waals surface area contributed by atoms with Gasteiger partial charge in [0.2, 0.25) is 11.8 Å². The van der Waals surface area contributed by atoms with Crippen molar-refractivity contribution in [2.75, 3.05) is 19.0 Å². The van der Waals surface area contributed by atoms with Gasteiger partial charge in [-0.3, -0.25) is 0 Å². The van der Waals surface area contributed by atoms with E-state index in [1.54, 1.807) is 19.4 Å². The zero-order chi connectivity index (χ0) is 15.5. The summed E-state index contributed by atoms with van der Waals surface area (Å²) >= 11 is 0. The molecule has 118 valence electrons. The van der Waals surface area contributed by atoms with Crippen molar-refractivity contribution < 1.29 is 4.74 Å². The molecule has 0 aliphatic carbocycles. The van der Waals surface area contributed by atoms with E-state index in [1.165, 1.54) is 0 Å². The van der Waals surface area contributed by atoms with Gasteiger partial charge in [0.05, 0.1) is 7.11 Å². The summed E-state index contributed by atoms with van der Waals surface area (Å²) in [7, 11) is 1.61. The highest BCUT2D eigenvalue weighted by Gasteiger charge is 2.23. The van der Waals surface area contributed by atoms with Gasteiger partial charge in [0.15, 0.2) is 0 Å². The van der Waals surface area contributed by atoms with Crippen LogP contribution in [0.25, 0.3) is 0 Å². The minimum Gasteiger partial charge on any atom is -0.481 e. The van der Waals surface area contributed by atoms with Gasteiger partial charge in [0.1, 0.15) is 11.6 Å². The topological polar surface area (TPSA) is 77.8 Å². The second kappa shape index (κ2) is 6.29. The molecule has 0 amide bonds. The zero-order valence-electron chi connectivity index (χ0n) is 13.3. The molecule has 1 N–H and O–H groups in total. The number of methoxy groups -OCH3 is 1. The molecule has 7 nitrogen and oxygen atoms in total. The van der Waals surface area contributed by atoms with Crippen molar-refractivity contribution >= 4 is 5.95 Å². The fourth-order valence-corrected chi connectivity index (χ4v) is 2.79. The second-order valence-corrected chi connectivity index (χ2v) is 5.95. The zero-order valence-corrected chi connectivity index (χ0v) is 13.3. The van der Waals surface area contributed by atoms with Gasteiger partial charge >= 0.3 is 0 Å². The van der Waals surface area contributed by atoms with Crippen molar-refractivity contribution in [1.82, 2.24) is 24.7 Å². The van der Waals surface area contributed by atoms with Crippen molar-refractivity contribution in [1.29, 1.82) is 0 Å². The maximum Gasteiger partial charge on any atom is 0.225 e. The molecule has 0 aromatic carbocycles.